The molecule has 0 aromatic heterocycles. The van der Waals surface area contributed by atoms with E-state index in [1.807, 2.05) is 6.07 Å². The molecule has 0 amide bonds. The fourth-order valence-corrected chi connectivity index (χ4v) is 1.42. The molecule has 3 nitrogen and oxygen atoms in total. The molecule has 66 valence electrons. The van der Waals surface area contributed by atoms with E-state index in [-0.39, 0.29) is 12.1 Å². The normalized spacial score (nSPS) is 29.2. The Bertz CT molecular complexity index is 207. The van der Waals surface area contributed by atoms with E-state index in [0.717, 1.165) is 19.3 Å². The smallest absolute Gasteiger partial charge is 0.323 e. The fraction of sp³-hybridized carbons (Fsp3) is 0.778. The molecule has 2 unspecified atom stereocenters. The van der Waals surface area contributed by atoms with E-state index in [4.69, 9.17) is 10.00 Å². The summed E-state index contributed by atoms with van der Waals surface area (Å²) >= 11 is 0. The van der Waals surface area contributed by atoms with Crippen molar-refractivity contribution in [3.63, 3.8) is 0 Å². The predicted octanol–water partition coefficient (Wildman–Crippen LogP) is 1.63. The van der Waals surface area contributed by atoms with E-state index in [9.17, 15) is 4.79 Å². The molecule has 1 saturated heterocycles. The quantitative estimate of drug-likeness (QED) is 0.587. The standard InChI is InChI=1S/C9H13NO2/c1-2-3-8-5-4-7(6-10)9(11)12-8/h7-8H,2-5H2,1H3. The van der Waals surface area contributed by atoms with Crippen LogP contribution in [0.25, 0.3) is 0 Å². The molecule has 1 rings (SSSR count). The minimum Gasteiger partial charge on any atom is -0.461 e. The number of ether oxygens (including phenoxy) is 1. The molecule has 0 spiro atoms. The van der Waals surface area contributed by atoms with Crippen LogP contribution in [0.4, 0.5) is 0 Å². The van der Waals surface area contributed by atoms with Crippen LogP contribution in [0.15, 0.2) is 0 Å². The Kier molecular flexibility index (Phi) is 3.09. The fourth-order valence-electron chi connectivity index (χ4n) is 1.42. The average Bonchev–Trinajstić information content (AvgIpc) is 2.05. The Labute approximate surface area is 72.3 Å². The Morgan fingerprint density at radius 1 is 1.67 bits per heavy atom. The van der Waals surface area contributed by atoms with Crippen molar-refractivity contribution in [2.75, 3.05) is 0 Å². The van der Waals surface area contributed by atoms with Crippen LogP contribution in [0.2, 0.25) is 0 Å². The molecule has 0 aromatic carbocycles. The Balaban J connectivity index is 2.42. The molecule has 0 radical (unpaired) electrons. The van der Waals surface area contributed by atoms with Crippen molar-refractivity contribution in [3.05, 3.63) is 0 Å². The topological polar surface area (TPSA) is 50.1 Å². The van der Waals surface area contributed by atoms with Crippen LogP contribution in [-0.4, -0.2) is 12.1 Å². The average molecular weight is 167 g/mol. The summed E-state index contributed by atoms with van der Waals surface area (Å²) in [5.41, 5.74) is 0. The summed E-state index contributed by atoms with van der Waals surface area (Å²) in [6.45, 7) is 2.06. The lowest BCUT2D eigenvalue weighted by molar-refractivity contribution is -0.157. The number of esters is 1. The monoisotopic (exact) mass is 167 g/mol. The first kappa shape index (κ1) is 9.05. The van der Waals surface area contributed by atoms with Crippen molar-refractivity contribution in [2.24, 2.45) is 5.92 Å². The van der Waals surface area contributed by atoms with Crippen LogP contribution in [0, 0.1) is 17.2 Å². The lowest BCUT2D eigenvalue weighted by Crippen LogP contribution is -2.30. The molecule has 1 heterocycles. The molecule has 0 aliphatic carbocycles. The van der Waals surface area contributed by atoms with E-state index >= 15 is 0 Å². The SMILES string of the molecule is CCCC1CCC(C#N)C(=O)O1. The molecule has 1 aliphatic heterocycles. The predicted molar refractivity (Wildman–Crippen MR) is 43.1 cm³/mol. The van der Waals surface area contributed by atoms with Crippen LogP contribution in [0.1, 0.15) is 32.6 Å². The van der Waals surface area contributed by atoms with Crippen LogP contribution >= 0.6 is 0 Å². The third kappa shape index (κ3) is 1.97. The zero-order valence-corrected chi connectivity index (χ0v) is 7.25. The Hall–Kier alpha value is -1.04. The van der Waals surface area contributed by atoms with Gasteiger partial charge < -0.3 is 4.74 Å². The highest BCUT2D eigenvalue weighted by Gasteiger charge is 2.29. The van der Waals surface area contributed by atoms with Crippen LogP contribution in [0.5, 0.6) is 0 Å². The van der Waals surface area contributed by atoms with E-state index in [1.165, 1.54) is 0 Å². The minimum absolute atomic E-state index is 0.0621. The largest absolute Gasteiger partial charge is 0.461 e. The third-order valence-corrected chi connectivity index (χ3v) is 2.11. The van der Waals surface area contributed by atoms with Gasteiger partial charge in [-0.15, -0.1) is 0 Å². The van der Waals surface area contributed by atoms with Crippen molar-refractivity contribution >= 4 is 5.97 Å². The zero-order chi connectivity index (χ0) is 8.97. The maximum absolute atomic E-state index is 11.1. The lowest BCUT2D eigenvalue weighted by atomic mass is 9.97. The van der Waals surface area contributed by atoms with Gasteiger partial charge in [0.05, 0.1) is 6.07 Å². The zero-order valence-electron chi connectivity index (χ0n) is 7.25. The molecule has 12 heavy (non-hydrogen) atoms. The van der Waals surface area contributed by atoms with E-state index < -0.39 is 5.92 Å². The second-order valence-corrected chi connectivity index (χ2v) is 3.11. The van der Waals surface area contributed by atoms with Crippen molar-refractivity contribution in [1.29, 1.82) is 5.26 Å². The van der Waals surface area contributed by atoms with Crippen molar-refractivity contribution in [3.8, 4) is 6.07 Å². The van der Waals surface area contributed by atoms with E-state index in [0.29, 0.717) is 6.42 Å². The van der Waals surface area contributed by atoms with Gasteiger partial charge >= 0.3 is 5.97 Å². The second-order valence-electron chi connectivity index (χ2n) is 3.11. The Morgan fingerprint density at radius 2 is 2.42 bits per heavy atom. The van der Waals surface area contributed by atoms with Gasteiger partial charge in [-0.2, -0.15) is 5.26 Å². The van der Waals surface area contributed by atoms with E-state index in [1.54, 1.807) is 0 Å². The van der Waals surface area contributed by atoms with Crippen molar-refractivity contribution < 1.29 is 9.53 Å². The highest BCUT2D eigenvalue weighted by Crippen LogP contribution is 2.22. The van der Waals surface area contributed by atoms with Crippen LogP contribution < -0.4 is 0 Å². The molecule has 0 aromatic rings. The summed E-state index contributed by atoms with van der Waals surface area (Å²) in [6, 6.07) is 1.94. The van der Waals surface area contributed by atoms with E-state index in [2.05, 4.69) is 6.92 Å². The number of carbonyl (C=O) groups is 1. The number of hydrogen-bond acceptors (Lipinski definition) is 3. The molecular weight excluding hydrogens is 154 g/mol. The van der Waals surface area contributed by atoms with Gasteiger partial charge in [-0.1, -0.05) is 13.3 Å². The van der Waals surface area contributed by atoms with Gasteiger partial charge in [-0.3, -0.25) is 4.79 Å². The number of rotatable bonds is 2. The molecule has 0 bridgehead atoms. The molecule has 2 atom stereocenters. The van der Waals surface area contributed by atoms with Gasteiger partial charge in [-0.05, 0) is 19.3 Å². The van der Waals surface area contributed by atoms with Gasteiger partial charge in [0.15, 0.2) is 0 Å². The summed E-state index contributed by atoms with van der Waals surface area (Å²) in [7, 11) is 0. The first-order valence-electron chi connectivity index (χ1n) is 4.38. The third-order valence-electron chi connectivity index (χ3n) is 2.11. The molecule has 1 aliphatic rings. The summed E-state index contributed by atoms with van der Waals surface area (Å²) in [5.74, 6) is -0.847. The number of nitriles is 1. The number of carbonyl (C=O) groups excluding carboxylic acids is 1. The van der Waals surface area contributed by atoms with Gasteiger partial charge in [0.25, 0.3) is 0 Å². The van der Waals surface area contributed by atoms with Gasteiger partial charge in [0, 0.05) is 0 Å². The maximum atomic E-state index is 11.1. The summed E-state index contributed by atoms with van der Waals surface area (Å²) in [5, 5.41) is 8.53. The highest BCUT2D eigenvalue weighted by atomic mass is 16.5. The molecule has 3 heteroatoms. The molecule has 0 N–H and O–H groups in total. The van der Waals surface area contributed by atoms with Gasteiger partial charge in [-0.25, -0.2) is 0 Å². The first-order chi connectivity index (χ1) is 5.77. The van der Waals surface area contributed by atoms with Crippen LogP contribution in [0.3, 0.4) is 0 Å². The second kappa shape index (κ2) is 4.10. The summed E-state index contributed by atoms with van der Waals surface area (Å²) in [6.07, 6.45) is 3.52. The van der Waals surface area contributed by atoms with Crippen molar-refractivity contribution in [1.82, 2.24) is 0 Å². The highest BCUT2D eigenvalue weighted by molar-refractivity contribution is 5.75. The Morgan fingerprint density at radius 3 is 2.92 bits per heavy atom. The minimum atomic E-state index is -0.516. The molecule has 1 fully saturated rings. The summed E-state index contributed by atoms with van der Waals surface area (Å²) in [4.78, 5) is 11.1. The molecular formula is C9H13NO2. The van der Waals surface area contributed by atoms with Crippen LogP contribution in [-0.2, 0) is 9.53 Å². The van der Waals surface area contributed by atoms with Gasteiger partial charge in [0.1, 0.15) is 12.0 Å². The first-order valence-corrected chi connectivity index (χ1v) is 4.38. The number of hydrogen-bond donors (Lipinski definition) is 0. The number of nitrogens with zero attached hydrogens (tertiary/aromatic N) is 1. The molecule has 0 saturated carbocycles. The van der Waals surface area contributed by atoms with Gasteiger partial charge in [0.2, 0.25) is 0 Å². The number of cyclic esters (lactones) is 1. The lowest BCUT2D eigenvalue weighted by Gasteiger charge is -2.24. The summed E-state index contributed by atoms with van der Waals surface area (Å²) < 4.78 is 5.07. The maximum Gasteiger partial charge on any atom is 0.323 e. The van der Waals surface area contributed by atoms with Crippen molar-refractivity contribution in [2.45, 2.75) is 38.7 Å².